The number of hydrogen-bond donors (Lipinski definition) is 1. The van der Waals surface area contributed by atoms with E-state index in [1.807, 2.05) is 25.1 Å². The molecule has 0 spiro atoms. The van der Waals surface area contributed by atoms with Gasteiger partial charge in [-0.05, 0) is 18.9 Å². The van der Waals surface area contributed by atoms with Crippen LogP contribution in [0.25, 0.3) is 0 Å². The van der Waals surface area contributed by atoms with E-state index in [1.54, 1.807) is 4.90 Å². The van der Waals surface area contributed by atoms with Crippen LogP contribution in [0.5, 0.6) is 0 Å². The van der Waals surface area contributed by atoms with Crippen molar-refractivity contribution in [1.29, 1.82) is 0 Å². The Labute approximate surface area is 108 Å². The standard InChI is InChI=1S/C14H20N2O2/c1-2-18-14(17)16-9-12(8-13(15)10-16)11-6-4-3-5-7-11/h3-7,12-13H,2,8-10,15H2,1H3. The first-order valence-corrected chi connectivity index (χ1v) is 6.43. The van der Waals surface area contributed by atoms with Gasteiger partial charge in [-0.1, -0.05) is 30.3 Å². The van der Waals surface area contributed by atoms with Crippen LogP contribution in [-0.2, 0) is 4.74 Å². The maximum atomic E-state index is 11.8. The lowest BCUT2D eigenvalue weighted by Gasteiger charge is -2.35. The summed E-state index contributed by atoms with van der Waals surface area (Å²) >= 11 is 0. The Hall–Kier alpha value is -1.55. The lowest BCUT2D eigenvalue weighted by molar-refractivity contribution is 0.0918. The lowest BCUT2D eigenvalue weighted by atomic mass is 9.88. The second kappa shape index (κ2) is 5.87. The van der Waals surface area contributed by atoms with Gasteiger partial charge in [0.15, 0.2) is 0 Å². The van der Waals surface area contributed by atoms with Crippen LogP contribution in [0.15, 0.2) is 30.3 Å². The molecule has 0 bridgehead atoms. The molecule has 2 atom stereocenters. The first kappa shape index (κ1) is 12.9. The molecule has 18 heavy (non-hydrogen) atoms. The minimum atomic E-state index is -0.256. The molecule has 1 aromatic rings. The van der Waals surface area contributed by atoms with Gasteiger partial charge in [0.1, 0.15) is 0 Å². The number of rotatable bonds is 2. The molecule has 1 heterocycles. The van der Waals surface area contributed by atoms with Crippen molar-refractivity contribution in [2.24, 2.45) is 5.73 Å². The highest BCUT2D eigenvalue weighted by Crippen LogP contribution is 2.26. The number of piperidine rings is 1. The molecule has 0 radical (unpaired) electrons. The smallest absolute Gasteiger partial charge is 0.409 e. The van der Waals surface area contributed by atoms with Gasteiger partial charge in [-0.2, -0.15) is 0 Å². The zero-order chi connectivity index (χ0) is 13.0. The first-order chi connectivity index (χ1) is 8.70. The SMILES string of the molecule is CCOC(=O)N1CC(N)CC(c2ccccc2)C1. The second-order valence-electron chi connectivity index (χ2n) is 4.71. The van der Waals surface area contributed by atoms with Crippen LogP contribution in [0.2, 0.25) is 0 Å². The van der Waals surface area contributed by atoms with Crippen LogP contribution in [0.3, 0.4) is 0 Å². The largest absolute Gasteiger partial charge is 0.450 e. The van der Waals surface area contributed by atoms with E-state index in [0.717, 1.165) is 6.42 Å². The Morgan fingerprint density at radius 3 is 2.78 bits per heavy atom. The third-order valence-corrected chi connectivity index (χ3v) is 3.28. The molecule has 1 saturated heterocycles. The molecule has 0 saturated carbocycles. The number of amides is 1. The molecule has 1 amide bonds. The fourth-order valence-electron chi connectivity index (χ4n) is 2.47. The van der Waals surface area contributed by atoms with Gasteiger partial charge in [0.2, 0.25) is 0 Å². The van der Waals surface area contributed by atoms with Crippen molar-refractivity contribution in [3.8, 4) is 0 Å². The van der Waals surface area contributed by atoms with E-state index < -0.39 is 0 Å². The fourth-order valence-corrected chi connectivity index (χ4v) is 2.47. The summed E-state index contributed by atoms with van der Waals surface area (Å²) in [6, 6.07) is 10.2. The number of benzene rings is 1. The molecule has 0 aromatic heterocycles. The molecule has 4 nitrogen and oxygen atoms in total. The van der Waals surface area contributed by atoms with E-state index in [2.05, 4.69) is 12.1 Å². The maximum Gasteiger partial charge on any atom is 0.409 e. The number of carbonyl (C=O) groups excluding carboxylic acids is 1. The van der Waals surface area contributed by atoms with Gasteiger partial charge >= 0.3 is 6.09 Å². The van der Waals surface area contributed by atoms with Crippen molar-refractivity contribution in [1.82, 2.24) is 4.90 Å². The maximum absolute atomic E-state index is 11.8. The van der Waals surface area contributed by atoms with Crippen molar-refractivity contribution >= 4 is 6.09 Å². The summed E-state index contributed by atoms with van der Waals surface area (Å²) in [6.07, 6.45) is 0.661. The first-order valence-electron chi connectivity index (χ1n) is 6.43. The van der Waals surface area contributed by atoms with Gasteiger partial charge in [-0.15, -0.1) is 0 Å². The predicted molar refractivity (Wildman–Crippen MR) is 70.4 cm³/mol. The number of nitrogens with zero attached hydrogens (tertiary/aromatic N) is 1. The zero-order valence-corrected chi connectivity index (χ0v) is 10.7. The van der Waals surface area contributed by atoms with Gasteiger partial charge in [-0.3, -0.25) is 0 Å². The van der Waals surface area contributed by atoms with Crippen LogP contribution >= 0.6 is 0 Å². The van der Waals surface area contributed by atoms with Crippen LogP contribution in [0, 0.1) is 0 Å². The summed E-state index contributed by atoms with van der Waals surface area (Å²) in [5.74, 6) is 0.305. The van der Waals surface area contributed by atoms with Crippen molar-refractivity contribution in [3.05, 3.63) is 35.9 Å². The Balaban J connectivity index is 2.07. The molecule has 1 aromatic carbocycles. The van der Waals surface area contributed by atoms with E-state index in [9.17, 15) is 4.79 Å². The van der Waals surface area contributed by atoms with Crippen molar-refractivity contribution in [3.63, 3.8) is 0 Å². The fraction of sp³-hybridized carbons (Fsp3) is 0.500. The predicted octanol–water partition coefficient (Wildman–Crippen LogP) is 1.96. The van der Waals surface area contributed by atoms with E-state index in [4.69, 9.17) is 10.5 Å². The molecule has 4 heteroatoms. The summed E-state index contributed by atoms with van der Waals surface area (Å²) in [4.78, 5) is 13.5. The van der Waals surface area contributed by atoms with Crippen molar-refractivity contribution in [2.75, 3.05) is 19.7 Å². The Morgan fingerprint density at radius 1 is 1.39 bits per heavy atom. The van der Waals surface area contributed by atoms with Crippen LogP contribution in [0.4, 0.5) is 4.79 Å². The van der Waals surface area contributed by atoms with Gasteiger partial charge in [0, 0.05) is 25.0 Å². The average Bonchev–Trinajstić information content (AvgIpc) is 2.39. The van der Waals surface area contributed by atoms with E-state index in [1.165, 1.54) is 5.56 Å². The van der Waals surface area contributed by atoms with Crippen LogP contribution in [-0.4, -0.2) is 36.7 Å². The summed E-state index contributed by atoms with van der Waals surface area (Å²) in [7, 11) is 0. The molecule has 2 unspecified atom stereocenters. The Bertz CT molecular complexity index is 394. The molecular weight excluding hydrogens is 228 g/mol. The highest BCUT2D eigenvalue weighted by molar-refractivity contribution is 5.68. The van der Waals surface area contributed by atoms with E-state index in [-0.39, 0.29) is 12.1 Å². The Kier molecular flexibility index (Phi) is 4.20. The lowest BCUT2D eigenvalue weighted by Crippen LogP contribution is -2.48. The highest BCUT2D eigenvalue weighted by Gasteiger charge is 2.29. The summed E-state index contributed by atoms with van der Waals surface area (Å²) in [5.41, 5.74) is 7.28. The van der Waals surface area contributed by atoms with Crippen molar-refractivity contribution < 1.29 is 9.53 Å². The number of ether oxygens (including phenoxy) is 1. The molecule has 2 N–H and O–H groups in total. The molecule has 0 aliphatic carbocycles. The summed E-state index contributed by atoms with van der Waals surface area (Å²) in [6.45, 7) is 3.50. The van der Waals surface area contributed by atoms with Crippen LogP contribution < -0.4 is 5.73 Å². The molecular formula is C14H20N2O2. The molecule has 1 aliphatic heterocycles. The monoisotopic (exact) mass is 248 g/mol. The number of hydrogen-bond acceptors (Lipinski definition) is 3. The number of likely N-dealkylation sites (tertiary alicyclic amines) is 1. The van der Waals surface area contributed by atoms with Crippen LogP contribution in [0.1, 0.15) is 24.8 Å². The summed E-state index contributed by atoms with van der Waals surface area (Å²) in [5, 5.41) is 0. The minimum absolute atomic E-state index is 0.0216. The van der Waals surface area contributed by atoms with Gasteiger partial charge in [0.25, 0.3) is 0 Å². The quantitative estimate of drug-likeness (QED) is 0.870. The van der Waals surface area contributed by atoms with E-state index in [0.29, 0.717) is 25.6 Å². The van der Waals surface area contributed by atoms with Gasteiger partial charge in [0.05, 0.1) is 6.61 Å². The van der Waals surface area contributed by atoms with E-state index >= 15 is 0 Å². The average molecular weight is 248 g/mol. The molecule has 2 rings (SSSR count). The van der Waals surface area contributed by atoms with Gasteiger partial charge in [-0.25, -0.2) is 4.79 Å². The van der Waals surface area contributed by atoms with Gasteiger partial charge < -0.3 is 15.4 Å². The normalized spacial score (nSPS) is 23.8. The molecule has 1 aliphatic rings. The minimum Gasteiger partial charge on any atom is -0.450 e. The Morgan fingerprint density at radius 2 is 2.11 bits per heavy atom. The third kappa shape index (κ3) is 3.01. The molecule has 98 valence electrons. The third-order valence-electron chi connectivity index (χ3n) is 3.28. The zero-order valence-electron chi connectivity index (χ0n) is 10.7. The second-order valence-corrected chi connectivity index (χ2v) is 4.71. The molecule has 1 fully saturated rings. The number of nitrogens with two attached hydrogens (primary N) is 1. The highest BCUT2D eigenvalue weighted by atomic mass is 16.6. The van der Waals surface area contributed by atoms with Crippen molar-refractivity contribution in [2.45, 2.75) is 25.3 Å². The number of carbonyl (C=O) groups is 1. The summed E-state index contributed by atoms with van der Waals surface area (Å²) < 4.78 is 5.05. The topological polar surface area (TPSA) is 55.6 Å².